The van der Waals surface area contributed by atoms with Crippen molar-refractivity contribution in [3.8, 4) is 0 Å². The summed E-state index contributed by atoms with van der Waals surface area (Å²) in [6, 6.07) is 0. The summed E-state index contributed by atoms with van der Waals surface area (Å²) in [5, 5.41) is 30.8. The second-order valence-electron chi connectivity index (χ2n) is 19.5. The Hall–Kier alpha value is -2.20. The van der Waals surface area contributed by atoms with E-state index in [4.69, 9.17) is 18.9 Å². The van der Waals surface area contributed by atoms with Crippen molar-refractivity contribution in [2.75, 3.05) is 26.4 Å². The van der Waals surface area contributed by atoms with Gasteiger partial charge in [-0.05, 0) is 77.0 Å². The van der Waals surface area contributed by atoms with Gasteiger partial charge in [-0.2, -0.15) is 8.42 Å². The number of hydrogen-bond acceptors (Lipinski definition) is 11. The summed E-state index contributed by atoms with van der Waals surface area (Å²) in [7, 11) is -5.07. The first-order chi connectivity index (χ1) is 34.6. The van der Waals surface area contributed by atoms with Crippen LogP contribution in [0, 0.1) is 0 Å². The maximum absolute atomic E-state index is 12.9. The molecule has 0 aliphatic carbocycles. The van der Waals surface area contributed by atoms with E-state index in [-0.39, 0.29) is 19.6 Å². The normalized spacial score (nSPS) is 19.4. The fourth-order valence-corrected chi connectivity index (χ4v) is 9.11. The van der Waals surface area contributed by atoms with Crippen LogP contribution in [0.2, 0.25) is 0 Å². The van der Waals surface area contributed by atoms with Crippen LogP contribution in [0.25, 0.3) is 0 Å². The number of esters is 1. The van der Waals surface area contributed by atoms with Crippen LogP contribution in [0.5, 0.6) is 0 Å². The molecule has 1 aliphatic heterocycles. The summed E-state index contributed by atoms with van der Waals surface area (Å²) < 4.78 is 59.4. The molecule has 414 valence electrons. The highest BCUT2D eigenvalue weighted by atomic mass is 32.3. The molecule has 12 nitrogen and oxygen atoms in total. The van der Waals surface area contributed by atoms with Crippen LogP contribution in [0.3, 0.4) is 0 Å². The number of allylic oxidation sites excluding steroid dienone is 10. The molecule has 0 aromatic rings. The van der Waals surface area contributed by atoms with E-state index in [9.17, 15) is 33.1 Å². The highest BCUT2D eigenvalue weighted by Gasteiger charge is 2.48. The zero-order valence-electron chi connectivity index (χ0n) is 44.8. The third-order valence-corrected chi connectivity index (χ3v) is 13.3. The molecule has 71 heavy (non-hydrogen) atoms. The Labute approximate surface area is 433 Å². The van der Waals surface area contributed by atoms with E-state index in [1.54, 1.807) is 0 Å². The monoisotopic (exact) mass is 1020 g/mol. The third-order valence-electron chi connectivity index (χ3n) is 12.9. The van der Waals surface area contributed by atoms with Crippen LogP contribution in [0.4, 0.5) is 0 Å². The first-order valence-corrected chi connectivity index (χ1v) is 29.9. The summed E-state index contributed by atoms with van der Waals surface area (Å²) in [5.74, 6) is -0.402. The largest absolute Gasteiger partial charge is 0.457 e. The molecule has 6 unspecified atom stereocenters. The van der Waals surface area contributed by atoms with E-state index in [0.717, 1.165) is 70.6 Å². The Morgan fingerprint density at radius 1 is 0.549 bits per heavy atom. The zero-order valence-corrected chi connectivity index (χ0v) is 45.6. The van der Waals surface area contributed by atoms with Crippen molar-refractivity contribution in [2.24, 2.45) is 0 Å². The first kappa shape index (κ1) is 66.8. The van der Waals surface area contributed by atoms with Gasteiger partial charge in [-0.25, -0.2) is 4.18 Å². The van der Waals surface area contributed by atoms with Gasteiger partial charge in [0.05, 0.1) is 19.8 Å². The van der Waals surface area contributed by atoms with Crippen molar-refractivity contribution < 1.29 is 56.2 Å². The fraction of sp³-hybridized carbons (Fsp3) is 0.810. The van der Waals surface area contributed by atoms with Crippen molar-refractivity contribution in [3.05, 3.63) is 60.8 Å². The molecule has 0 bridgehead atoms. The maximum Gasteiger partial charge on any atom is 0.397 e. The van der Waals surface area contributed by atoms with Crippen molar-refractivity contribution >= 4 is 16.4 Å². The minimum Gasteiger partial charge on any atom is -0.457 e. The van der Waals surface area contributed by atoms with E-state index >= 15 is 0 Å². The molecule has 1 rings (SSSR count). The second-order valence-corrected chi connectivity index (χ2v) is 20.5. The molecule has 1 heterocycles. The molecule has 0 aromatic carbocycles. The number of aliphatic hydroxyl groups is 3. The highest BCUT2D eigenvalue weighted by Crippen LogP contribution is 2.26. The SMILES string of the molecule is CC/C=C\C/C=C\C/C=C\C/C=C\CCCCCCCCCCCCCCCOCC(COC1OC(CO)C(O)C(OS(=O)(=O)O)C1O)OC(=O)CCCCCCCCC/C=C\CCCCCCCCC. The van der Waals surface area contributed by atoms with Crippen LogP contribution in [-0.4, -0.2) is 97.5 Å². The number of ether oxygens (including phenoxy) is 4. The van der Waals surface area contributed by atoms with Gasteiger partial charge in [0.25, 0.3) is 0 Å². The molecule has 6 atom stereocenters. The standard InChI is InChI=1S/C58H104O12S/c1-3-5-7-9-11-13-15-17-19-21-23-24-25-26-27-28-29-30-32-34-36-38-40-42-44-46-48-66-50-52(51-67-58-56(62)57(70-71(63,64)65)55(61)53(49-59)69-58)68-54(60)47-45-43-41-39-37-35-33-31-22-20-18-16-14-12-10-8-6-4-2/h5,7,11,13,17,19-20,22-24,52-53,55-59,61-62H,3-4,6,8-10,12,14-16,18,21,25-51H2,1-2H3,(H,63,64,65)/b7-5-,13-11-,19-17-,22-20-,24-23-. The average Bonchev–Trinajstić information content (AvgIpc) is 3.35. The molecule has 13 heteroatoms. The lowest BCUT2D eigenvalue weighted by Crippen LogP contribution is -2.60. The summed E-state index contributed by atoms with van der Waals surface area (Å²) >= 11 is 0. The lowest BCUT2D eigenvalue weighted by molar-refractivity contribution is -0.301. The Kier molecular flexibility index (Phi) is 45.9. The number of unbranched alkanes of at least 4 members (excludes halogenated alkanes) is 27. The molecule has 1 saturated heterocycles. The number of rotatable bonds is 50. The fourth-order valence-electron chi connectivity index (χ4n) is 8.60. The number of hydrogen-bond donors (Lipinski definition) is 4. The van der Waals surface area contributed by atoms with Gasteiger partial charge in [0.2, 0.25) is 0 Å². The molecule has 1 fully saturated rings. The van der Waals surface area contributed by atoms with Gasteiger partial charge in [-0.3, -0.25) is 9.35 Å². The van der Waals surface area contributed by atoms with Crippen molar-refractivity contribution in [3.63, 3.8) is 0 Å². The van der Waals surface area contributed by atoms with Crippen molar-refractivity contribution in [1.82, 2.24) is 0 Å². The van der Waals surface area contributed by atoms with Gasteiger partial charge in [-0.1, -0.05) is 216 Å². The lowest BCUT2D eigenvalue weighted by Gasteiger charge is -2.41. The van der Waals surface area contributed by atoms with Crippen LogP contribution >= 0.6 is 0 Å². The minimum absolute atomic E-state index is 0.0329. The average molecular weight is 1030 g/mol. The Balaban J connectivity index is 2.29. The van der Waals surface area contributed by atoms with Crippen LogP contribution < -0.4 is 0 Å². The van der Waals surface area contributed by atoms with E-state index in [1.807, 2.05) is 0 Å². The molecule has 1 aliphatic rings. The van der Waals surface area contributed by atoms with Gasteiger partial charge in [-0.15, -0.1) is 0 Å². The van der Waals surface area contributed by atoms with Gasteiger partial charge in [0, 0.05) is 13.0 Å². The van der Waals surface area contributed by atoms with Crippen molar-refractivity contribution in [1.29, 1.82) is 0 Å². The smallest absolute Gasteiger partial charge is 0.397 e. The maximum atomic E-state index is 12.9. The number of carbonyl (C=O) groups is 1. The zero-order chi connectivity index (χ0) is 51.7. The predicted molar refractivity (Wildman–Crippen MR) is 289 cm³/mol. The van der Waals surface area contributed by atoms with Crippen LogP contribution in [-0.2, 0) is 38.3 Å². The predicted octanol–water partition coefficient (Wildman–Crippen LogP) is 14.0. The summed E-state index contributed by atoms with van der Waals surface area (Å²) in [5.41, 5.74) is 0. The summed E-state index contributed by atoms with van der Waals surface area (Å²) in [4.78, 5) is 12.9. The first-order valence-electron chi connectivity index (χ1n) is 28.5. The molecule has 0 saturated carbocycles. The topological polar surface area (TPSA) is 178 Å². The van der Waals surface area contributed by atoms with Crippen LogP contribution in [0.15, 0.2) is 60.8 Å². The van der Waals surface area contributed by atoms with Gasteiger partial charge < -0.3 is 34.3 Å². The van der Waals surface area contributed by atoms with E-state index < -0.39 is 59.8 Å². The molecule has 0 aromatic heterocycles. The molecule has 0 spiro atoms. The quantitative estimate of drug-likeness (QED) is 0.0196. The Morgan fingerprint density at radius 2 is 0.972 bits per heavy atom. The molecular weight excluding hydrogens is 921 g/mol. The Morgan fingerprint density at radius 3 is 1.44 bits per heavy atom. The molecule has 4 N–H and O–H groups in total. The molecule has 0 amide bonds. The summed E-state index contributed by atoms with van der Waals surface area (Å²) in [6.45, 7) is 3.90. The third kappa shape index (κ3) is 41.8. The van der Waals surface area contributed by atoms with Crippen LogP contribution in [0.1, 0.15) is 239 Å². The Bertz CT molecular complexity index is 1460. The van der Waals surface area contributed by atoms with E-state index in [0.29, 0.717) is 13.0 Å². The lowest BCUT2D eigenvalue weighted by atomic mass is 9.99. The van der Waals surface area contributed by atoms with Gasteiger partial charge >= 0.3 is 16.4 Å². The van der Waals surface area contributed by atoms with Gasteiger partial charge in [0.15, 0.2) is 6.29 Å². The number of aliphatic hydroxyl groups excluding tert-OH is 3. The minimum atomic E-state index is -5.07. The number of carbonyl (C=O) groups excluding carboxylic acids is 1. The van der Waals surface area contributed by atoms with E-state index in [1.165, 1.54) is 141 Å². The second kappa shape index (κ2) is 48.7. The molecular formula is C58H104O12S. The van der Waals surface area contributed by atoms with Gasteiger partial charge in [0.1, 0.15) is 30.5 Å². The van der Waals surface area contributed by atoms with E-state index in [2.05, 4.69) is 78.8 Å². The molecule has 0 radical (unpaired) electrons. The highest BCUT2D eigenvalue weighted by molar-refractivity contribution is 7.80. The van der Waals surface area contributed by atoms with Crippen molar-refractivity contribution in [2.45, 2.75) is 275 Å². The summed E-state index contributed by atoms with van der Waals surface area (Å²) in [6.07, 6.45) is 54.0.